The number of aromatic nitrogens is 1. The van der Waals surface area contributed by atoms with E-state index in [0.29, 0.717) is 29.9 Å². The zero-order valence-corrected chi connectivity index (χ0v) is 13.4. The Morgan fingerprint density at radius 2 is 1.96 bits per heavy atom. The molecule has 1 fully saturated rings. The largest absolute Gasteiger partial charge is 0.488 e. The van der Waals surface area contributed by atoms with Gasteiger partial charge >= 0.3 is 0 Å². The molecule has 2 atom stereocenters. The quantitative estimate of drug-likeness (QED) is 0.810. The molecular formula is C18H20N2O3. The number of piperidine rings is 1. The Hall–Kier alpha value is -2.30. The summed E-state index contributed by atoms with van der Waals surface area (Å²) in [5.41, 5.74) is 2.02. The Morgan fingerprint density at radius 3 is 2.74 bits per heavy atom. The molecule has 0 aliphatic carbocycles. The van der Waals surface area contributed by atoms with Crippen LogP contribution in [0.3, 0.4) is 0 Å². The van der Waals surface area contributed by atoms with Crippen LogP contribution in [-0.4, -0.2) is 29.1 Å². The topological polar surface area (TPSA) is 55.6 Å². The fourth-order valence-corrected chi connectivity index (χ4v) is 3.73. The summed E-state index contributed by atoms with van der Waals surface area (Å²) in [6.07, 6.45) is 1.16. The molecule has 0 radical (unpaired) electrons. The summed E-state index contributed by atoms with van der Waals surface area (Å²) in [4.78, 5) is 14.8. The van der Waals surface area contributed by atoms with Gasteiger partial charge in [0.25, 0.3) is 5.91 Å². The molecule has 2 aliphatic rings. The van der Waals surface area contributed by atoms with E-state index in [9.17, 15) is 4.79 Å². The van der Waals surface area contributed by atoms with E-state index < -0.39 is 0 Å². The lowest BCUT2D eigenvalue weighted by molar-refractivity contribution is 0.0610. The zero-order chi connectivity index (χ0) is 16.0. The van der Waals surface area contributed by atoms with E-state index in [0.717, 1.165) is 36.4 Å². The SMILES string of the molecule is CC1CC(C)CN(C(=O)c2noc3c2COc2ccccc2-3)C1. The number of ether oxygens (including phenoxy) is 1. The number of likely N-dealkylation sites (tertiary alicyclic amines) is 1. The maximum Gasteiger partial charge on any atom is 0.276 e. The maximum absolute atomic E-state index is 12.9. The molecule has 1 aromatic heterocycles. The normalized spacial score (nSPS) is 23.0. The molecule has 0 bridgehead atoms. The van der Waals surface area contributed by atoms with Crippen molar-refractivity contribution in [1.82, 2.24) is 10.1 Å². The van der Waals surface area contributed by atoms with E-state index >= 15 is 0 Å². The molecule has 5 heteroatoms. The smallest absolute Gasteiger partial charge is 0.276 e. The van der Waals surface area contributed by atoms with Crippen LogP contribution in [-0.2, 0) is 6.61 Å². The molecule has 120 valence electrons. The van der Waals surface area contributed by atoms with E-state index in [-0.39, 0.29) is 5.91 Å². The average molecular weight is 312 g/mol. The Balaban J connectivity index is 1.67. The first-order chi connectivity index (χ1) is 11.1. The molecule has 1 saturated heterocycles. The fourth-order valence-electron chi connectivity index (χ4n) is 3.73. The van der Waals surface area contributed by atoms with Gasteiger partial charge in [0, 0.05) is 13.1 Å². The average Bonchev–Trinajstić information content (AvgIpc) is 2.97. The molecule has 23 heavy (non-hydrogen) atoms. The first kappa shape index (κ1) is 14.3. The Bertz CT molecular complexity index is 742. The first-order valence-corrected chi connectivity index (χ1v) is 8.13. The van der Waals surface area contributed by atoms with Crippen molar-refractivity contribution in [3.8, 4) is 17.1 Å². The molecule has 4 rings (SSSR count). The minimum atomic E-state index is -0.0450. The van der Waals surface area contributed by atoms with Crippen LogP contribution in [0.1, 0.15) is 36.3 Å². The van der Waals surface area contributed by atoms with Crippen LogP contribution in [0.4, 0.5) is 0 Å². The lowest BCUT2D eigenvalue weighted by atomic mass is 9.91. The van der Waals surface area contributed by atoms with E-state index in [2.05, 4.69) is 19.0 Å². The van der Waals surface area contributed by atoms with Gasteiger partial charge in [-0.15, -0.1) is 0 Å². The van der Waals surface area contributed by atoms with Crippen LogP contribution in [0, 0.1) is 11.8 Å². The summed E-state index contributed by atoms with van der Waals surface area (Å²) >= 11 is 0. The van der Waals surface area contributed by atoms with Crippen LogP contribution in [0.2, 0.25) is 0 Å². The molecular weight excluding hydrogens is 292 g/mol. The monoisotopic (exact) mass is 312 g/mol. The second kappa shape index (κ2) is 5.41. The molecule has 5 nitrogen and oxygen atoms in total. The number of nitrogens with zero attached hydrogens (tertiary/aromatic N) is 2. The first-order valence-electron chi connectivity index (χ1n) is 8.13. The highest BCUT2D eigenvalue weighted by Gasteiger charge is 2.33. The molecule has 2 unspecified atom stereocenters. The second-order valence-electron chi connectivity index (χ2n) is 6.78. The molecule has 0 saturated carbocycles. The van der Waals surface area contributed by atoms with Crippen molar-refractivity contribution in [2.24, 2.45) is 11.8 Å². The third-order valence-corrected chi connectivity index (χ3v) is 4.65. The molecule has 2 aliphatic heterocycles. The van der Waals surface area contributed by atoms with Crippen molar-refractivity contribution in [3.05, 3.63) is 35.5 Å². The number of benzene rings is 1. The summed E-state index contributed by atoms with van der Waals surface area (Å²) in [6.45, 7) is 6.27. The van der Waals surface area contributed by atoms with Crippen molar-refractivity contribution in [2.75, 3.05) is 13.1 Å². The van der Waals surface area contributed by atoms with Crippen LogP contribution >= 0.6 is 0 Å². The van der Waals surface area contributed by atoms with Gasteiger partial charge in [-0.1, -0.05) is 31.1 Å². The summed E-state index contributed by atoms with van der Waals surface area (Å²) in [5.74, 6) is 2.42. The van der Waals surface area contributed by atoms with Crippen LogP contribution in [0.15, 0.2) is 28.8 Å². The molecule has 0 spiro atoms. The van der Waals surface area contributed by atoms with E-state index in [1.54, 1.807) is 0 Å². The molecule has 1 aromatic carbocycles. The number of carbonyl (C=O) groups excluding carboxylic acids is 1. The van der Waals surface area contributed by atoms with Gasteiger partial charge in [-0.25, -0.2) is 0 Å². The zero-order valence-electron chi connectivity index (χ0n) is 13.4. The van der Waals surface area contributed by atoms with Crippen molar-refractivity contribution in [2.45, 2.75) is 26.9 Å². The number of hydrogen-bond donors (Lipinski definition) is 0. The van der Waals surface area contributed by atoms with Gasteiger partial charge in [0.1, 0.15) is 12.4 Å². The Kier molecular flexibility index (Phi) is 3.36. The summed E-state index contributed by atoms with van der Waals surface area (Å²) in [5, 5.41) is 4.08. The summed E-state index contributed by atoms with van der Waals surface area (Å²) in [7, 11) is 0. The van der Waals surface area contributed by atoms with Gasteiger partial charge in [0.2, 0.25) is 0 Å². The summed E-state index contributed by atoms with van der Waals surface area (Å²) < 4.78 is 11.3. The van der Waals surface area contributed by atoms with Crippen molar-refractivity contribution >= 4 is 5.91 Å². The number of para-hydroxylation sites is 1. The summed E-state index contributed by atoms with van der Waals surface area (Å²) in [6, 6.07) is 7.67. The highest BCUT2D eigenvalue weighted by atomic mass is 16.5. The highest BCUT2D eigenvalue weighted by Crippen LogP contribution is 2.39. The Morgan fingerprint density at radius 1 is 1.22 bits per heavy atom. The number of rotatable bonds is 1. The van der Waals surface area contributed by atoms with E-state index in [1.807, 2.05) is 29.2 Å². The van der Waals surface area contributed by atoms with Crippen LogP contribution in [0.25, 0.3) is 11.3 Å². The number of carbonyl (C=O) groups is 1. The van der Waals surface area contributed by atoms with Crippen molar-refractivity contribution in [3.63, 3.8) is 0 Å². The molecule has 2 aromatic rings. The molecule has 0 N–H and O–H groups in total. The third-order valence-electron chi connectivity index (χ3n) is 4.65. The van der Waals surface area contributed by atoms with Crippen molar-refractivity contribution in [1.29, 1.82) is 0 Å². The van der Waals surface area contributed by atoms with Crippen LogP contribution < -0.4 is 4.74 Å². The van der Waals surface area contributed by atoms with Gasteiger partial charge in [0.15, 0.2) is 11.5 Å². The maximum atomic E-state index is 12.9. The van der Waals surface area contributed by atoms with Crippen LogP contribution in [0.5, 0.6) is 5.75 Å². The van der Waals surface area contributed by atoms with Gasteiger partial charge in [-0.3, -0.25) is 4.79 Å². The minimum absolute atomic E-state index is 0.0450. The lowest BCUT2D eigenvalue weighted by Crippen LogP contribution is -2.43. The Labute approximate surface area is 135 Å². The predicted octanol–water partition coefficient (Wildman–Crippen LogP) is 3.35. The van der Waals surface area contributed by atoms with Crippen molar-refractivity contribution < 1.29 is 14.1 Å². The second-order valence-corrected chi connectivity index (χ2v) is 6.78. The highest BCUT2D eigenvalue weighted by molar-refractivity contribution is 5.95. The minimum Gasteiger partial charge on any atom is -0.488 e. The molecule has 1 amide bonds. The van der Waals surface area contributed by atoms with E-state index in [1.165, 1.54) is 0 Å². The molecule has 3 heterocycles. The predicted molar refractivity (Wildman–Crippen MR) is 85.1 cm³/mol. The lowest BCUT2D eigenvalue weighted by Gasteiger charge is -2.34. The standard InChI is InChI=1S/C18H20N2O3/c1-11-7-12(2)9-20(8-11)18(21)16-14-10-22-15-6-4-3-5-13(15)17(14)23-19-16/h3-6,11-12H,7-10H2,1-2H3. The third kappa shape index (κ3) is 2.40. The number of hydrogen-bond acceptors (Lipinski definition) is 4. The van der Waals surface area contributed by atoms with Gasteiger partial charge in [-0.2, -0.15) is 0 Å². The number of amides is 1. The van der Waals surface area contributed by atoms with E-state index in [4.69, 9.17) is 9.26 Å². The fraction of sp³-hybridized carbons (Fsp3) is 0.444. The van der Waals surface area contributed by atoms with Gasteiger partial charge in [-0.05, 0) is 30.4 Å². The van der Waals surface area contributed by atoms with Gasteiger partial charge < -0.3 is 14.2 Å². The van der Waals surface area contributed by atoms with Gasteiger partial charge in [0.05, 0.1) is 11.1 Å². The number of fused-ring (bicyclic) bond motifs is 3.